The number of ether oxygens (including phenoxy) is 1. The summed E-state index contributed by atoms with van der Waals surface area (Å²) in [6.07, 6.45) is -3.48. The molecule has 0 spiro atoms. The van der Waals surface area contributed by atoms with E-state index >= 15 is 0 Å². The zero-order valence-corrected chi connectivity index (χ0v) is 11.1. The highest BCUT2D eigenvalue weighted by molar-refractivity contribution is 5.92. The number of anilines is 1. The summed E-state index contributed by atoms with van der Waals surface area (Å²) >= 11 is 0. The van der Waals surface area contributed by atoms with E-state index in [2.05, 4.69) is 15.4 Å². The lowest BCUT2D eigenvalue weighted by Gasteiger charge is -2.13. The molecule has 0 aliphatic heterocycles. The van der Waals surface area contributed by atoms with Crippen molar-refractivity contribution in [2.75, 3.05) is 25.5 Å². The second-order valence-corrected chi connectivity index (χ2v) is 4.16. The molecular formula is C13H17F3N2O2. The Morgan fingerprint density at radius 1 is 1.30 bits per heavy atom. The highest BCUT2D eigenvalue weighted by Gasteiger charge is 2.28. The number of halogens is 3. The molecule has 0 aliphatic rings. The van der Waals surface area contributed by atoms with Crippen molar-refractivity contribution in [2.45, 2.75) is 19.0 Å². The van der Waals surface area contributed by atoms with Gasteiger partial charge in [0.15, 0.2) is 6.61 Å². The van der Waals surface area contributed by atoms with Crippen molar-refractivity contribution in [3.8, 4) is 5.75 Å². The molecule has 0 saturated heterocycles. The molecule has 1 amide bonds. The molecule has 112 valence electrons. The number of rotatable bonds is 7. The molecular weight excluding hydrogens is 273 g/mol. The maximum absolute atomic E-state index is 12.1. The van der Waals surface area contributed by atoms with Crippen LogP contribution in [-0.2, 0) is 4.79 Å². The molecule has 0 saturated carbocycles. The van der Waals surface area contributed by atoms with E-state index in [0.29, 0.717) is 13.0 Å². The maximum atomic E-state index is 12.1. The summed E-state index contributed by atoms with van der Waals surface area (Å²) in [5, 5.41) is 5.45. The first-order valence-electron chi connectivity index (χ1n) is 6.15. The summed E-state index contributed by atoms with van der Waals surface area (Å²) in [6.45, 7) is -0.695. The first-order valence-corrected chi connectivity index (χ1v) is 6.15. The SMILES string of the molecule is CNCCCC(=O)Nc1ccccc1OCC(F)(F)F. The Labute approximate surface area is 115 Å². The minimum absolute atomic E-state index is 0.00629. The Hall–Kier alpha value is -1.76. The fourth-order valence-corrected chi connectivity index (χ4v) is 1.49. The highest BCUT2D eigenvalue weighted by atomic mass is 19.4. The Balaban J connectivity index is 2.58. The summed E-state index contributed by atoms with van der Waals surface area (Å²) in [7, 11) is 1.78. The standard InChI is InChI=1S/C13H17F3N2O2/c1-17-8-4-7-12(19)18-10-5-2-3-6-11(10)20-9-13(14,15)16/h2-3,5-6,17H,4,7-9H2,1H3,(H,18,19). The zero-order chi connectivity index (χ0) is 15.0. The van der Waals surface area contributed by atoms with E-state index in [0.717, 1.165) is 0 Å². The van der Waals surface area contributed by atoms with E-state index in [1.165, 1.54) is 12.1 Å². The maximum Gasteiger partial charge on any atom is 0.422 e. The Bertz CT molecular complexity index is 436. The largest absolute Gasteiger partial charge is 0.482 e. The molecule has 1 rings (SSSR count). The molecule has 0 fully saturated rings. The Morgan fingerprint density at radius 2 is 2.00 bits per heavy atom. The second-order valence-electron chi connectivity index (χ2n) is 4.16. The number of para-hydroxylation sites is 2. The second kappa shape index (κ2) is 7.74. The van der Waals surface area contributed by atoms with Crippen LogP contribution in [0.3, 0.4) is 0 Å². The van der Waals surface area contributed by atoms with Gasteiger partial charge >= 0.3 is 6.18 Å². The van der Waals surface area contributed by atoms with Gasteiger partial charge < -0.3 is 15.4 Å². The van der Waals surface area contributed by atoms with Gasteiger partial charge in [-0.2, -0.15) is 13.2 Å². The predicted octanol–water partition coefficient (Wildman–Crippen LogP) is 2.57. The lowest BCUT2D eigenvalue weighted by molar-refractivity contribution is -0.153. The van der Waals surface area contributed by atoms with Crippen LogP contribution in [0.15, 0.2) is 24.3 Å². The predicted molar refractivity (Wildman–Crippen MR) is 69.8 cm³/mol. The number of alkyl halides is 3. The van der Waals surface area contributed by atoms with Crippen LogP contribution in [0.2, 0.25) is 0 Å². The van der Waals surface area contributed by atoms with Gasteiger partial charge in [-0.1, -0.05) is 12.1 Å². The molecule has 0 aromatic heterocycles. The minimum atomic E-state index is -4.41. The molecule has 1 aromatic rings. The molecule has 0 radical (unpaired) electrons. The van der Waals surface area contributed by atoms with Crippen molar-refractivity contribution in [1.82, 2.24) is 5.32 Å². The molecule has 0 aliphatic carbocycles. The lowest BCUT2D eigenvalue weighted by atomic mass is 10.2. The van der Waals surface area contributed by atoms with Crippen LogP contribution < -0.4 is 15.4 Å². The third kappa shape index (κ3) is 6.42. The van der Waals surface area contributed by atoms with Gasteiger partial charge in [0.05, 0.1) is 5.69 Å². The van der Waals surface area contributed by atoms with Crippen molar-refractivity contribution in [1.29, 1.82) is 0 Å². The van der Waals surface area contributed by atoms with E-state index in [-0.39, 0.29) is 23.8 Å². The lowest BCUT2D eigenvalue weighted by Crippen LogP contribution is -2.20. The molecule has 2 N–H and O–H groups in total. The number of nitrogens with one attached hydrogen (secondary N) is 2. The first kappa shape index (κ1) is 16.3. The molecule has 0 atom stereocenters. The first-order chi connectivity index (χ1) is 9.42. The van der Waals surface area contributed by atoms with Crippen molar-refractivity contribution in [3.05, 3.63) is 24.3 Å². The van der Waals surface area contributed by atoms with Crippen molar-refractivity contribution in [3.63, 3.8) is 0 Å². The number of hydrogen-bond donors (Lipinski definition) is 2. The summed E-state index contributed by atoms with van der Waals surface area (Å²) in [5.74, 6) is -0.255. The van der Waals surface area contributed by atoms with Crippen LogP contribution in [0.1, 0.15) is 12.8 Å². The van der Waals surface area contributed by atoms with Gasteiger partial charge in [0.1, 0.15) is 5.75 Å². The Kier molecular flexibility index (Phi) is 6.30. The Morgan fingerprint density at radius 3 is 2.65 bits per heavy atom. The highest BCUT2D eigenvalue weighted by Crippen LogP contribution is 2.26. The number of hydrogen-bond acceptors (Lipinski definition) is 3. The molecule has 0 bridgehead atoms. The van der Waals surface area contributed by atoms with E-state index < -0.39 is 12.8 Å². The fourth-order valence-electron chi connectivity index (χ4n) is 1.49. The number of amides is 1. The molecule has 7 heteroatoms. The van der Waals surface area contributed by atoms with Crippen LogP contribution in [0.25, 0.3) is 0 Å². The number of carbonyl (C=O) groups excluding carboxylic acids is 1. The van der Waals surface area contributed by atoms with Gasteiger partial charge in [-0.15, -0.1) is 0 Å². The normalized spacial score (nSPS) is 11.2. The van der Waals surface area contributed by atoms with E-state index in [1.54, 1.807) is 19.2 Å². The van der Waals surface area contributed by atoms with Gasteiger partial charge in [0.25, 0.3) is 0 Å². The number of benzene rings is 1. The molecule has 4 nitrogen and oxygen atoms in total. The van der Waals surface area contributed by atoms with Gasteiger partial charge in [0.2, 0.25) is 5.91 Å². The van der Waals surface area contributed by atoms with Crippen LogP contribution in [0.4, 0.5) is 18.9 Å². The molecule has 1 aromatic carbocycles. The van der Waals surface area contributed by atoms with Gasteiger partial charge in [-0.3, -0.25) is 4.79 Å². The average molecular weight is 290 g/mol. The minimum Gasteiger partial charge on any atom is -0.482 e. The van der Waals surface area contributed by atoms with Gasteiger partial charge in [0, 0.05) is 6.42 Å². The van der Waals surface area contributed by atoms with E-state index in [9.17, 15) is 18.0 Å². The van der Waals surface area contributed by atoms with Crippen molar-refractivity contribution < 1.29 is 22.7 Å². The number of carbonyl (C=O) groups is 1. The van der Waals surface area contributed by atoms with Crippen LogP contribution in [0.5, 0.6) is 5.75 Å². The van der Waals surface area contributed by atoms with Crippen LogP contribution >= 0.6 is 0 Å². The van der Waals surface area contributed by atoms with Crippen molar-refractivity contribution >= 4 is 11.6 Å². The average Bonchev–Trinajstić information content (AvgIpc) is 2.37. The fraction of sp³-hybridized carbons (Fsp3) is 0.462. The quantitative estimate of drug-likeness (QED) is 0.759. The van der Waals surface area contributed by atoms with Crippen LogP contribution in [-0.4, -0.2) is 32.3 Å². The van der Waals surface area contributed by atoms with Crippen LogP contribution in [0, 0.1) is 0 Å². The van der Waals surface area contributed by atoms with Crippen molar-refractivity contribution in [2.24, 2.45) is 0 Å². The summed E-state index contributed by atoms with van der Waals surface area (Å²) in [6, 6.07) is 6.04. The van der Waals surface area contributed by atoms with E-state index in [1.807, 2.05) is 0 Å². The molecule has 20 heavy (non-hydrogen) atoms. The summed E-state index contributed by atoms with van der Waals surface area (Å²) in [5.41, 5.74) is 0.242. The summed E-state index contributed by atoms with van der Waals surface area (Å²) in [4.78, 5) is 11.6. The topological polar surface area (TPSA) is 50.4 Å². The zero-order valence-electron chi connectivity index (χ0n) is 11.1. The molecule has 0 unspecified atom stereocenters. The smallest absolute Gasteiger partial charge is 0.422 e. The van der Waals surface area contributed by atoms with E-state index in [4.69, 9.17) is 0 Å². The monoisotopic (exact) mass is 290 g/mol. The third-order valence-electron chi connectivity index (χ3n) is 2.38. The van der Waals surface area contributed by atoms with Gasteiger partial charge in [-0.05, 0) is 32.1 Å². The third-order valence-corrected chi connectivity index (χ3v) is 2.38. The van der Waals surface area contributed by atoms with Gasteiger partial charge in [-0.25, -0.2) is 0 Å². The summed E-state index contributed by atoms with van der Waals surface area (Å²) < 4.78 is 41.0. The molecule has 0 heterocycles.